The van der Waals surface area contributed by atoms with Crippen LogP contribution in [0.25, 0.3) is 0 Å². The Morgan fingerprint density at radius 2 is 2.31 bits per heavy atom. The van der Waals surface area contributed by atoms with Gasteiger partial charge >= 0.3 is 0 Å². The quantitative estimate of drug-likeness (QED) is 0.842. The number of hydrogen-bond acceptors (Lipinski definition) is 5. The fraction of sp³-hybridized carbons (Fsp3) is 0.636. The molecule has 0 aliphatic heterocycles. The maximum Gasteiger partial charge on any atom is 0.224 e. The van der Waals surface area contributed by atoms with Crippen molar-refractivity contribution < 1.29 is 0 Å². The monoisotopic (exact) mass is 238 g/mol. The Hall–Kier alpha value is -0.970. The first-order chi connectivity index (χ1) is 7.83. The maximum atomic E-state index is 4.38. The molecule has 1 aromatic heterocycles. The van der Waals surface area contributed by atoms with Crippen molar-refractivity contribution in [3.8, 4) is 0 Å². The molecule has 0 bridgehead atoms. The Morgan fingerprint density at radius 3 is 3.06 bits per heavy atom. The molecule has 2 N–H and O–H groups in total. The highest BCUT2D eigenvalue weighted by Gasteiger charge is 2.26. The summed E-state index contributed by atoms with van der Waals surface area (Å²) in [4.78, 5) is 8.49. The molecule has 2 atom stereocenters. The van der Waals surface area contributed by atoms with E-state index in [2.05, 4.69) is 26.9 Å². The second kappa shape index (κ2) is 5.39. The second-order valence-electron chi connectivity index (χ2n) is 3.97. The molecule has 2 rings (SSSR count). The van der Waals surface area contributed by atoms with Crippen LogP contribution in [0.3, 0.4) is 0 Å². The van der Waals surface area contributed by atoms with E-state index in [1.807, 2.05) is 24.9 Å². The van der Waals surface area contributed by atoms with Crippen LogP contribution in [0.15, 0.2) is 12.3 Å². The van der Waals surface area contributed by atoms with Crippen LogP contribution in [0, 0.1) is 0 Å². The van der Waals surface area contributed by atoms with Crippen molar-refractivity contribution in [1.29, 1.82) is 0 Å². The van der Waals surface area contributed by atoms with E-state index in [-0.39, 0.29) is 0 Å². The third kappa shape index (κ3) is 2.58. The number of hydrogen-bond donors (Lipinski definition) is 2. The topological polar surface area (TPSA) is 49.8 Å². The summed E-state index contributed by atoms with van der Waals surface area (Å²) < 4.78 is 0. The third-order valence-corrected chi connectivity index (χ3v) is 4.14. The molecule has 1 aromatic rings. The first-order valence-electron chi connectivity index (χ1n) is 5.63. The lowest BCUT2D eigenvalue weighted by atomic mass is 10.2. The van der Waals surface area contributed by atoms with Crippen molar-refractivity contribution in [3.63, 3.8) is 0 Å². The van der Waals surface area contributed by atoms with Gasteiger partial charge in [-0.2, -0.15) is 16.7 Å². The van der Waals surface area contributed by atoms with Crippen molar-refractivity contribution >= 4 is 23.5 Å². The standard InChI is InChI=1S/C11H18N4S/c1-12-11-13-7-6-10(15-11)14-8-4-3-5-9(8)16-2/h6-9H,3-5H2,1-2H3,(H2,12,13,14,15). The minimum absolute atomic E-state index is 0.551. The predicted molar refractivity (Wildman–Crippen MR) is 70.1 cm³/mol. The number of nitrogens with zero attached hydrogens (tertiary/aromatic N) is 2. The van der Waals surface area contributed by atoms with Gasteiger partial charge in [-0.3, -0.25) is 0 Å². The lowest BCUT2D eigenvalue weighted by Crippen LogP contribution is -2.26. The van der Waals surface area contributed by atoms with Gasteiger partial charge in [0.05, 0.1) is 0 Å². The molecular formula is C11H18N4S. The van der Waals surface area contributed by atoms with Gasteiger partial charge in [0.15, 0.2) is 0 Å². The molecule has 0 saturated heterocycles. The van der Waals surface area contributed by atoms with Crippen LogP contribution in [0.2, 0.25) is 0 Å². The SMILES string of the molecule is CNc1nccc(NC2CCCC2SC)n1. The molecule has 16 heavy (non-hydrogen) atoms. The van der Waals surface area contributed by atoms with Crippen molar-refractivity contribution in [2.45, 2.75) is 30.6 Å². The first-order valence-corrected chi connectivity index (χ1v) is 6.92. The minimum atomic E-state index is 0.551. The van der Waals surface area contributed by atoms with Crippen LogP contribution in [0.1, 0.15) is 19.3 Å². The average molecular weight is 238 g/mol. The zero-order valence-corrected chi connectivity index (χ0v) is 10.5. The summed E-state index contributed by atoms with van der Waals surface area (Å²) >= 11 is 1.95. The summed E-state index contributed by atoms with van der Waals surface area (Å²) in [5.74, 6) is 1.59. The van der Waals surface area contributed by atoms with E-state index in [1.54, 1.807) is 6.20 Å². The highest BCUT2D eigenvalue weighted by Crippen LogP contribution is 2.30. The minimum Gasteiger partial charge on any atom is -0.366 e. The van der Waals surface area contributed by atoms with Crippen LogP contribution in [0.4, 0.5) is 11.8 Å². The molecule has 5 heteroatoms. The average Bonchev–Trinajstić information content (AvgIpc) is 2.76. The Balaban J connectivity index is 2.02. The molecule has 88 valence electrons. The molecule has 1 aliphatic carbocycles. The molecule has 0 radical (unpaired) electrons. The molecule has 0 spiro atoms. The van der Waals surface area contributed by atoms with Crippen LogP contribution in [0.5, 0.6) is 0 Å². The first kappa shape index (κ1) is 11.5. The number of rotatable bonds is 4. The zero-order valence-electron chi connectivity index (χ0n) is 9.73. The van der Waals surface area contributed by atoms with E-state index < -0.39 is 0 Å². The lowest BCUT2D eigenvalue weighted by molar-refractivity contribution is 0.763. The maximum absolute atomic E-state index is 4.38. The van der Waals surface area contributed by atoms with E-state index in [4.69, 9.17) is 0 Å². The van der Waals surface area contributed by atoms with Crippen LogP contribution < -0.4 is 10.6 Å². The summed E-state index contributed by atoms with van der Waals surface area (Å²) in [5.41, 5.74) is 0. The summed E-state index contributed by atoms with van der Waals surface area (Å²) in [7, 11) is 1.83. The van der Waals surface area contributed by atoms with Gasteiger partial charge in [0.2, 0.25) is 5.95 Å². The van der Waals surface area contributed by atoms with Crippen molar-refractivity contribution in [2.24, 2.45) is 0 Å². The Kier molecular flexibility index (Phi) is 3.88. The lowest BCUT2D eigenvalue weighted by Gasteiger charge is -2.19. The van der Waals surface area contributed by atoms with Gasteiger partial charge < -0.3 is 10.6 Å². The Labute approximate surface area is 101 Å². The van der Waals surface area contributed by atoms with E-state index in [1.165, 1.54) is 19.3 Å². The molecule has 4 nitrogen and oxygen atoms in total. The third-order valence-electron chi connectivity index (χ3n) is 2.97. The molecule has 1 heterocycles. The smallest absolute Gasteiger partial charge is 0.224 e. The zero-order chi connectivity index (χ0) is 11.4. The van der Waals surface area contributed by atoms with Crippen LogP contribution >= 0.6 is 11.8 Å². The van der Waals surface area contributed by atoms with Gasteiger partial charge in [-0.1, -0.05) is 6.42 Å². The molecule has 1 saturated carbocycles. The van der Waals surface area contributed by atoms with E-state index in [0.717, 1.165) is 5.82 Å². The summed E-state index contributed by atoms with van der Waals surface area (Å²) in [6.45, 7) is 0. The van der Waals surface area contributed by atoms with Gasteiger partial charge in [0.25, 0.3) is 0 Å². The largest absolute Gasteiger partial charge is 0.366 e. The molecular weight excluding hydrogens is 220 g/mol. The van der Waals surface area contributed by atoms with Gasteiger partial charge in [-0.25, -0.2) is 4.98 Å². The number of nitrogens with one attached hydrogen (secondary N) is 2. The molecule has 0 aromatic carbocycles. The summed E-state index contributed by atoms with van der Waals surface area (Å²) in [5, 5.41) is 7.17. The highest BCUT2D eigenvalue weighted by molar-refractivity contribution is 7.99. The van der Waals surface area contributed by atoms with Gasteiger partial charge in [-0.15, -0.1) is 0 Å². The molecule has 0 amide bonds. The Bertz CT molecular complexity index is 345. The van der Waals surface area contributed by atoms with Crippen LogP contribution in [-0.2, 0) is 0 Å². The van der Waals surface area contributed by atoms with Crippen molar-refractivity contribution in [2.75, 3.05) is 23.9 Å². The van der Waals surface area contributed by atoms with Crippen molar-refractivity contribution in [1.82, 2.24) is 9.97 Å². The number of thioether (sulfide) groups is 1. The van der Waals surface area contributed by atoms with E-state index >= 15 is 0 Å². The van der Waals surface area contributed by atoms with Gasteiger partial charge in [0.1, 0.15) is 5.82 Å². The summed E-state index contributed by atoms with van der Waals surface area (Å²) in [6.07, 6.45) is 7.83. The van der Waals surface area contributed by atoms with Crippen molar-refractivity contribution in [3.05, 3.63) is 12.3 Å². The number of anilines is 2. The second-order valence-corrected chi connectivity index (χ2v) is 5.05. The van der Waals surface area contributed by atoms with Gasteiger partial charge in [-0.05, 0) is 25.2 Å². The highest BCUT2D eigenvalue weighted by atomic mass is 32.2. The normalized spacial score (nSPS) is 24.4. The number of aromatic nitrogens is 2. The summed E-state index contributed by atoms with van der Waals surface area (Å²) in [6, 6.07) is 2.48. The predicted octanol–water partition coefficient (Wildman–Crippen LogP) is 2.21. The Morgan fingerprint density at radius 1 is 1.44 bits per heavy atom. The van der Waals surface area contributed by atoms with Crippen LogP contribution in [-0.4, -0.2) is 34.6 Å². The van der Waals surface area contributed by atoms with E-state index in [9.17, 15) is 0 Å². The molecule has 1 fully saturated rings. The fourth-order valence-electron chi connectivity index (χ4n) is 2.12. The van der Waals surface area contributed by atoms with Gasteiger partial charge in [0, 0.05) is 24.5 Å². The molecule has 2 unspecified atom stereocenters. The fourth-order valence-corrected chi connectivity index (χ4v) is 3.06. The molecule has 1 aliphatic rings. The van der Waals surface area contributed by atoms with E-state index in [0.29, 0.717) is 17.2 Å².